The molecule has 6 heteroatoms. The van der Waals surface area contributed by atoms with Gasteiger partial charge in [0.05, 0.1) is 11.4 Å². The van der Waals surface area contributed by atoms with Crippen molar-refractivity contribution in [3.8, 4) is 0 Å². The summed E-state index contributed by atoms with van der Waals surface area (Å²) in [4.78, 5) is 16.5. The Balaban J connectivity index is 2.32. The lowest BCUT2D eigenvalue weighted by Gasteiger charge is -2.10. The topological polar surface area (TPSA) is 64.7 Å². The van der Waals surface area contributed by atoms with Crippen LogP contribution in [-0.2, 0) is 20.0 Å². The molecule has 0 aliphatic heterocycles. The first-order chi connectivity index (χ1) is 9.51. The summed E-state index contributed by atoms with van der Waals surface area (Å²) in [7, 11) is 1.86. The summed E-state index contributed by atoms with van der Waals surface area (Å²) in [5.41, 5.74) is 1.65. The minimum absolute atomic E-state index is 0.105. The van der Waals surface area contributed by atoms with Gasteiger partial charge in [-0.3, -0.25) is 9.48 Å². The third kappa shape index (κ3) is 3.07. The Labute approximate surface area is 118 Å². The molecule has 20 heavy (non-hydrogen) atoms. The number of aromatic nitrogens is 4. The fourth-order valence-electron chi connectivity index (χ4n) is 2.10. The first-order valence-electron chi connectivity index (χ1n) is 6.86. The highest BCUT2D eigenvalue weighted by Gasteiger charge is 2.10. The summed E-state index contributed by atoms with van der Waals surface area (Å²) in [6, 6.07) is 0. The number of rotatable bonds is 5. The summed E-state index contributed by atoms with van der Waals surface area (Å²) in [6.45, 7) is 6.87. The van der Waals surface area contributed by atoms with Crippen molar-refractivity contribution in [2.45, 2.75) is 33.7 Å². The Morgan fingerprint density at radius 1 is 1.40 bits per heavy atom. The van der Waals surface area contributed by atoms with E-state index >= 15 is 0 Å². The summed E-state index contributed by atoms with van der Waals surface area (Å²) in [5.74, 6) is 0.753. The number of nitrogens with zero attached hydrogens (tertiary/aromatic N) is 4. The van der Waals surface area contributed by atoms with Crippen LogP contribution in [0.2, 0.25) is 0 Å². The van der Waals surface area contributed by atoms with Crippen LogP contribution in [0, 0.1) is 5.92 Å². The van der Waals surface area contributed by atoms with E-state index in [0.717, 1.165) is 17.8 Å². The van der Waals surface area contributed by atoms with Crippen LogP contribution in [-0.4, -0.2) is 19.3 Å². The molecule has 2 aromatic heterocycles. The van der Waals surface area contributed by atoms with Gasteiger partial charge in [0.1, 0.15) is 0 Å². The Hall–Kier alpha value is -2.11. The summed E-state index contributed by atoms with van der Waals surface area (Å²) >= 11 is 0. The summed E-state index contributed by atoms with van der Waals surface area (Å²) in [5, 5.41) is 7.44. The van der Waals surface area contributed by atoms with Crippen LogP contribution in [0.25, 0.3) is 0 Å². The van der Waals surface area contributed by atoms with E-state index < -0.39 is 0 Å². The van der Waals surface area contributed by atoms with Crippen LogP contribution in [0.5, 0.6) is 0 Å². The predicted octanol–water partition coefficient (Wildman–Crippen LogP) is 1.94. The Bertz CT molecular complexity index is 641. The molecular weight excluding hydrogens is 254 g/mol. The molecule has 1 N–H and O–H groups in total. The predicted molar refractivity (Wildman–Crippen MR) is 79.2 cm³/mol. The quantitative estimate of drug-likeness (QED) is 0.905. The lowest BCUT2D eigenvalue weighted by Crippen LogP contribution is -2.25. The van der Waals surface area contributed by atoms with Crippen LogP contribution in [0.3, 0.4) is 0 Å². The second-order valence-corrected chi connectivity index (χ2v) is 5.27. The second-order valence-electron chi connectivity index (χ2n) is 5.27. The van der Waals surface area contributed by atoms with Gasteiger partial charge in [0, 0.05) is 32.2 Å². The molecule has 0 spiro atoms. The van der Waals surface area contributed by atoms with Gasteiger partial charge in [-0.25, -0.2) is 4.98 Å². The molecule has 0 amide bonds. The molecular formula is C14H21N5O. The van der Waals surface area contributed by atoms with Gasteiger partial charge in [-0.2, -0.15) is 5.10 Å². The summed E-state index contributed by atoms with van der Waals surface area (Å²) < 4.78 is 3.42. The summed E-state index contributed by atoms with van der Waals surface area (Å²) in [6.07, 6.45) is 6.03. The van der Waals surface area contributed by atoms with E-state index in [1.54, 1.807) is 21.6 Å². The van der Waals surface area contributed by atoms with Gasteiger partial charge < -0.3 is 9.88 Å². The molecule has 0 saturated carbocycles. The SMILES string of the molecule is CCc1nn(C)cc1Nc1nccn(CC(C)C)c1=O. The number of hydrogen-bond acceptors (Lipinski definition) is 4. The molecule has 0 aliphatic rings. The number of hydrogen-bond donors (Lipinski definition) is 1. The number of anilines is 2. The smallest absolute Gasteiger partial charge is 0.293 e. The molecule has 2 rings (SSSR count). The van der Waals surface area contributed by atoms with Crippen LogP contribution >= 0.6 is 0 Å². The highest BCUT2D eigenvalue weighted by molar-refractivity contribution is 5.57. The molecule has 0 fully saturated rings. The second kappa shape index (κ2) is 5.90. The lowest BCUT2D eigenvalue weighted by molar-refractivity contribution is 0.510. The first-order valence-corrected chi connectivity index (χ1v) is 6.86. The minimum atomic E-state index is -0.105. The monoisotopic (exact) mass is 275 g/mol. The Morgan fingerprint density at radius 3 is 2.80 bits per heavy atom. The maximum atomic E-state index is 12.3. The largest absolute Gasteiger partial charge is 0.333 e. The van der Waals surface area contributed by atoms with E-state index in [4.69, 9.17) is 0 Å². The van der Waals surface area contributed by atoms with Crippen molar-refractivity contribution in [2.75, 3.05) is 5.32 Å². The van der Waals surface area contributed by atoms with Gasteiger partial charge in [-0.15, -0.1) is 0 Å². The van der Waals surface area contributed by atoms with E-state index in [1.165, 1.54) is 0 Å². The van der Waals surface area contributed by atoms with Crippen molar-refractivity contribution in [2.24, 2.45) is 13.0 Å². The molecule has 0 bridgehead atoms. The van der Waals surface area contributed by atoms with Crippen molar-refractivity contribution in [1.29, 1.82) is 0 Å². The highest BCUT2D eigenvalue weighted by atomic mass is 16.1. The third-order valence-corrected chi connectivity index (χ3v) is 2.97. The van der Waals surface area contributed by atoms with Crippen molar-refractivity contribution in [3.63, 3.8) is 0 Å². The van der Waals surface area contributed by atoms with Crippen molar-refractivity contribution in [1.82, 2.24) is 19.3 Å². The minimum Gasteiger partial charge on any atom is -0.333 e. The van der Waals surface area contributed by atoms with E-state index in [9.17, 15) is 4.79 Å². The lowest BCUT2D eigenvalue weighted by atomic mass is 10.2. The van der Waals surface area contributed by atoms with Crippen LogP contribution in [0.15, 0.2) is 23.4 Å². The van der Waals surface area contributed by atoms with E-state index in [-0.39, 0.29) is 5.56 Å². The van der Waals surface area contributed by atoms with Gasteiger partial charge in [-0.1, -0.05) is 20.8 Å². The van der Waals surface area contributed by atoms with Crippen LogP contribution in [0.4, 0.5) is 11.5 Å². The molecule has 0 aliphatic carbocycles. The zero-order chi connectivity index (χ0) is 14.7. The van der Waals surface area contributed by atoms with Crippen molar-refractivity contribution in [3.05, 3.63) is 34.6 Å². The van der Waals surface area contributed by atoms with Gasteiger partial charge in [0.15, 0.2) is 5.82 Å². The number of aryl methyl sites for hydroxylation is 2. The fraction of sp³-hybridized carbons (Fsp3) is 0.500. The molecule has 2 aromatic rings. The van der Waals surface area contributed by atoms with Gasteiger partial charge >= 0.3 is 0 Å². The van der Waals surface area contributed by atoms with E-state index in [0.29, 0.717) is 18.3 Å². The molecule has 0 saturated heterocycles. The highest BCUT2D eigenvalue weighted by Crippen LogP contribution is 2.16. The third-order valence-electron chi connectivity index (χ3n) is 2.97. The zero-order valence-electron chi connectivity index (χ0n) is 12.4. The van der Waals surface area contributed by atoms with Crippen molar-refractivity contribution >= 4 is 11.5 Å². The van der Waals surface area contributed by atoms with E-state index in [2.05, 4.69) is 29.2 Å². The standard InChI is InChI=1S/C14H21N5O/c1-5-11-12(9-18(4)17-11)16-13-14(20)19(7-6-15-13)8-10(2)3/h6-7,9-10H,5,8H2,1-4H3,(H,15,16). The van der Waals surface area contributed by atoms with Crippen LogP contribution in [0.1, 0.15) is 26.5 Å². The van der Waals surface area contributed by atoms with Crippen LogP contribution < -0.4 is 10.9 Å². The Morgan fingerprint density at radius 2 is 2.15 bits per heavy atom. The molecule has 108 valence electrons. The first kappa shape index (κ1) is 14.3. The molecule has 2 heterocycles. The molecule has 0 atom stereocenters. The molecule has 6 nitrogen and oxygen atoms in total. The normalized spacial score (nSPS) is 11.1. The Kier molecular flexibility index (Phi) is 4.22. The number of nitrogens with one attached hydrogen (secondary N) is 1. The maximum absolute atomic E-state index is 12.3. The average Bonchev–Trinajstić information content (AvgIpc) is 2.74. The van der Waals surface area contributed by atoms with Crippen molar-refractivity contribution < 1.29 is 0 Å². The van der Waals surface area contributed by atoms with E-state index in [1.807, 2.05) is 20.2 Å². The molecule has 0 radical (unpaired) electrons. The maximum Gasteiger partial charge on any atom is 0.293 e. The molecule has 0 unspecified atom stereocenters. The van der Waals surface area contributed by atoms with Gasteiger partial charge in [0.25, 0.3) is 5.56 Å². The zero-order valence-corrected chi connectivity index (χ0v) is 12.4. The fourth-order valence-corrected chi connectivity index (χ4v) is 2.10. The van der Waals surface area contributed by atoms with Gasteiger partial charge in [0.2, 0.25) is 0 Å². The van der Waals surface area contributed by atoms with Gasteiger partial charge in [-0.05, 0) is 12.3 Å². The molecule has 0 aromatic carbocycles. The average molecular weight is 275 g/mol.